The van der Waals surface area contributed by atoms with E-state index >= 15 is 0 Å². The van der Waals surface area contributed by atoms with E-state index in [1.165, 1.54) is 0 Å². The highest BCUT2D eigenvalue weighted by Gasteiger charge is 2.42. The Kier molecular flexibility index (Phi) is 5.13. The van der Waals surface area contributed by atoms with Crippen LogP contribution < -0.4 is 14.9 Å². The monoisotopic (exact) mass is 441 g/mol. The summed E-state index contributed by atoms with van der Waals surface area (Å²) in [4.78, 5) is 28.8. The SMILES string of the molecule is COc1ccc(CN2C(=O)c3oc4ccc(C)cc4c(=O)c3C2c2ccc(OC)cc2)cc1. The molecule has 166 valence electrons. The Morgan fingerprint density at radius 1 is 0.879 bits per heavy atom. The van der Waals surface area contributed by atoms with Gasteiger partial charge in [-0.25, -0.2) is 0 Å². The van der Waals surface area contributed by atoms with Gasteiger partial charge in [-0.2, -0.15) is 0 Å². The van der Waals surface area contributed by atoms with E-state index in [9.17, 15) is 9.59 Å². The number of ether oxygens (including phenoxy) is 2. The molecule has 1 aliphatic rings. The van der Waals surface area contributed by atoms with Crippen LogP contribution in [0, 0.1) is 6.92 Å². The minimum absolute atomic E-state index is 0.102. The second-order valence-electron chi connectivity index (χ2n) is 8.13. The van der Waals surface area contributed by atoms with E-state index in [1.54, 1.807) is 25.2 Å². The molecule has 4 aromatic rings. The van der Waals surface area contributed by atoms with Gasteiger partial charge in [-0.05, 0) is 54.4 Å². The molecule has 0 bridgehead atoms. The second-order valence-corrected chi connectivity index (χ2v) is 8.13. The molecule has 1 atom stereocenters. The fourth-order valence-corrected chi connectivity index (χ4v) is 4.36. The first-order chi connectivity index (χ1) is 16.0. The molecule has 0 N–H and O–H groups in total. The lowest BCUT2D eigenvalue weighted by molar-refractivity contribution is 0.0714. The fraction of sp³-hybridized carbons (Fsp3) is 0.185. The number of aryl methyl sites for hydroxylation is 1. The molecule has 1 unspecified atom stereocenters. The van der Waals surface area contributed by atoms with Crippen LogP contribution >= 0.6 is 0 Å². The summed E-state index contributed by atoms with van der Waals surface area (Å²) in [6.45, 7) is 2.24. The maximum absolute atomic E-state index is 13.6. The van der Waals surface area contributed by atoms with Crippen LogP contribution in [0.1, 0.15) is 38.9 Å². The molecule has 2 heterocycles. The lowest BCUT2D eigenvalue weighted by atomic mass is 9.98. The van der Waals surface area contributed by atoms with Gasteiger partial charge < -0.3 is 18.8 Å². The van der Waals surface area contributed by atoms with Crippen molar-refractivity contribution in [3.05, 3.63) is 105 Å². The molecule has 1 amide bonds. The molecule has 0 radical (unpaired) electrons. The third-order valence-corrected chi connectivity index (χ3v) is 6.06. The van der Waals surface area contributed by atoms with E-state index in [1.807, 2.05) is 67.6 Å². The Morgan fingerprint density at radius 3 is 2.15 bits per heavy atom. The van der Waals surface area contributed by atoms with E-state index in [0.717, 1.165) is 22.4 Å². The summed E-state index contributed by atoms with van der Waals surface area (Å²) in [5, 5.41) is 0.478. The first kappa shape index (κ1) is 20.8. The number of hydrogen-bond acceptors (Lipinski definition) is 5. The molecule has 1 aromatic heterocycles. The topological polar surface area (TPSA) is 69.0 Å². The van der Waals surface area contributed by atoms with Crippen molar-refractivity contribution in [3.8, 4) is 11.5 Å². The normalized spacial score (nSPS) is 15.1. The molecule has 0 aliphatic carbocycles. The molecule has 3 aromatic carbocycles. The van der Waals surface area contributed by atoms with Crippen LogP contribution in [-0.4, -0.2) is 25.0 Å². The zero-order chi connectivity index (χ0) is 23.1. The largest absolute Gasteiger partial charge is 0.497 e. The highest BCUT2D eigenvalue weighted by Crippen LogP contribution is 2.39. The second kappa shape index (κ2) is 8.13. The summed E-state index contributed by atoms with van der Waals surface area (Å²) in [6, 6.07) is 19.8. The van der Waals surface area contributed by atoms with Gasteiger partial charge >= 0.3 is 0 Å². The summed E-state index contributed by atoms with van der Waals surface area (Å²) in [7, 11) is 3.21. The number of carbonyl (C=O) groups excluding carboxylic acids is 1. The molecule has 5 rings (SSSR count). The number of nitrogens with zero attached hydrogens (tertiary/aromatic N) is 1. The number of fused-ring (bicyclic) bond motifs is 2. The Hall–Kier alpha value is -4.06. The summed E-state index contributed by atoms with van der Waals surface area (Å²) in [6.07, 6.45) is 0. The highest BCUT2D eigenvalue weighted by atomic mass is 16.5. The molecule has 0 spiro atoms. The van der Waals surface area contributed by atoms with Gasteiger partial charge in [0.15, 0.2) is 5.43 Å². The zero-order valence-electron chi connectivity index (χ0n) is 18.6. The number of carbonyl (C=O) groups is 1. The van der Waals surface area contributed by atoms with Crippen molar-refractivity contribution in [1.82, 2.24) is 4.90 Å². The number of rotatable bonds is 5. The van der Waals surface area contributed by atoms with Gasteiger partial charge in [0.05, 0.1) is 31.2 Å². The van der Waals surface area contributed by atoms with Crippen molar-refractivity contribution >= 4 is 16.9 Å². The summed E-state index contributed by atoms with van der Waals surface area (Å²) in [5.74, 6) is 1.23. The van der Waals surface area contributed by atoms with E-state index in [0.29, 0.717) is 28.8 Å². The third-order valence-electron chi connectivity index (χ3n) is 6.06. The molecule has 0 saturated heterocycles. The molecule has 6 heteroatoms. The Labute approximate surface area is 191 Å². The number of amides is 1. The molecular weight excluding hydrogens is 418 g/mol. The van der Waals surface area contributed by atoms with Crippen LogP contribution in [0.2, 0.25) is 0 Å². The van der Waals surface area contributed by atoms with E-state index < -0.39 is 6.04 Å². The van der Waals surface area contributed by atoms with Crippen LogP contribution in [0.25, 0.3) is 11.0 Å². The summed E-state index contributed by atoms with van der Waals surface area (Å²) in [5.41, 5.74) is 3.30. The van der Waals surface area contributed by atoms with Gasteiger partial charge in [0, 0.05) is 6.54 Å². The first-order valence-electron chi connectivity index (χ1n) is 10.7. The standard InChI is InChI=1S/C27H23NO5/c1-16-4-13-22-21(14-16)25(29)23-24(18-7-11-20(32-3)12-8-18)28(27(30)26(23)33-22)15-17-5-9-19(31-2)10-6-17/h4-14,24H,15H2,1-3H3. The molecule has 0 saturated carbocycles. The van der Waals surface area contributed by atoms with Crippen molar-refractivity contribution in [2.45, 2.75) is 19.5 Å². The lowest BCUT2D eigenvalue weighted by Crippen LogP contribution is -2.29. The van der Waals surface area contributed by atoms with Crippen molar-refractivity contribution in [1.29, 1.82) is 0 Å². The number of methoxy groups -OCH3 is 2. The van der Waals surface area contributed by atoms with Gasteiger partial charge in [0.25, 0.3) is 5.91 Å². The van der Waals surface area contributed by atoms with Crippen LogP contribution in [-0.2, 0) is 6.54 Å². The van der Waals surface area contributed by atoms with Crippen molar-refractivity contribution in [3.63, 3.8) is 0 Å². The molecule has 1 aliphatic heterocycles. The zero-order valence-corrected chi connectivity index (χ0v) is 18.6. The summed E-state index contributed by atoms with van der Waals surface area (Å²) < 4.78 is 16.6. The minimum atomic E-state index is -0.568. The Balaban J connectivity index is 1.67. The number of hydrogen-bond donors (Lipinski definition) is 0. The average molecular weight is 441 g/mol. The van der Waals surface area contributed by atoms with Crippen LogP contribution in [0.15, 0.2) is 75.9 Å². The molecule has 0 fully saturated rings. The van der Waals surface area contributed by atoms with Crippen molar-refractivity contribution in [2.24, 2.45) is 0 Å². The Bertz CT molecular complexity index is 1400. The quantitative estimate of drug-likeness (QED) is 0.442. The molecule has 6 nitrogen and oxygen atoms in total. The van der Waals surface area contributed by atoms with Crippen LogP contribution in [0.3, 0.4) is 0 Å². The van der Waals surface area contributed by atoms with Crippen molar-refractivity contribution in [2.75, 3.05) is 14.2 Å². The van der Waals surface area contributed by atoms with Gasteiger partial charge in [0.2, 0.25) is 5.76 Å². The van der Waals surface area contributed by atoms with Crippen LogP contribution in [0.4, 0.5) is 0 Å². The van der Waals surface area contributed by atoms with Gasteiger partial charge in [0.1, 0.15) is 17.1 Å². The predicted molar refractivity (Wildman–Crippen MR) is 125 cm³/mol. The fourth-order valence-electron chi connectivity index (χ4n) is 4.36. The minimum Gasteiger partial charge on any atom is -0.497 e. The van der Waals surface area contributed by atoms with E-state index in [4.69, 9.17) is 13.9 Å². The van der Waals surface area contributed by atoms with Crippen molar-refractivity contribution < 1.29 is 18.7 Å². The van der Waals surface area contributed by atoms with E-state index in [2.05, 4.69) is 0 Å². The first-order valence-corrected chi connectivity index (χ1v) is 10.7. The van der Waals surface area contributed by atoms with E-state index in [-0.39, 0.29) is 17.1 Å². The van der Waals surface area contributed by atoms with Crippen LogP contribution in [0.5, 0.6) is 11.5 Å². The Morgan fingerprint density at radius 2 is 1.52 bits per heavy atom. The lowest BCUT2D eigenvalue weighted by Gasteiger charge is -2.25. The number of benzene rings is 3. The summed E-state index contributed by atoms with van der Waals surface area (Å²) >= 11 is 0. The molecular formula is C27H23NO5. The molecule has 33 heavy (non-hydrogen) atoms. The van der Waals surface area contributed by atoms with Gasteiger partial charge in [-0.1, -0.05) is 35.9 Å². The van der Waals surface area contributed by atoms with Gasteiger partial charge in [-0.15, -0.1) is 0 Å². The average Bonchev–Trinajstić information content (AvgIpc) is 3.12. The highest BCUT2D eigenvalue weighted by molar-refractivity contribution is 5.99. The third kappa shape index (κ3) is 3.53. The van der Waals surface area contributed by atoms with Gasteiger partial charge in [-0.3, -0.25) is 9.59 Å². The smallest absolute Gasteiger partial charge is 0.291 e. The maximum Gasteiger partial charge on any atom is 0.291 e. The predicted octanol–water partition coefficient (Wildman–Crippen LogP) is 4.86. The maximum atomic E-state index is 13.6.